The molecular formula is C25H30N4O5S. The lowest BCUT2D eigenvalue weighted by Gasteiger charge is -2.31. The number of rotatable bonds is 7. The fourth-order valence-corrected chi connectivity index (χ4v) is 6.40. The van der Waals surface area contributed by atoms with Crippen molar-refractivity contribution in [3.8, 4) is 17.2 Å². The van der Waals surface area contributed by atoms with Crippen molar-refractivity contribution in [2.75, 3.05) is 25.0 Å². The van der Waals surface area contributed by atoms with Gasteiger partial charge < -0.3 is 9.15 Å². The maximum atomic E-state index is 13.3. The average molecular weight is 499 g/mol. The molecule has 35 heavy (non-hydrogen) atoms. The third-order valence-electron chi connectivity index (χ3n) is 6.09. The van der Waals surface area contributed by atoms with Gasteiger partial charge in [0.25, 0.3) is 0 Å². The molecule has 0 radical (unpaired) electrons. The van der Waals surface area contributed by atoms with Crippen LogP contribution in [0, 0.1) is 26.7 Å². The molecule has 0 unspecified atom stereocenters. The summed E-state index contributed by atoms with van der Waals surface area (Å²) in [6, 6.07) is 11.0. The van der Waals surface area contributed by atoms with Gasteiger partial charge in [-0.05, 0) is 75.9 Å². The Kier molecular flexibility index (Phi) is 7.23. The average Bonchev–Trinajstić information content (AvgIpc) is 3.27. The molecular weight excluding hydrogens is 468 g/mol. The van der Waals surface area contributed by atoms with Crippen LogP contribution in [0.2, 0.25) is 0 Å². The second-order valence-electron chi connectivity index (χ2n) is 8.77. The predicted molar refractivity (Wildman–Crippen MR) is 132 cm³/mol. The van der Waals surface area contributed by atoms with E-state index in [9.17, 15) is 13.2 Å². The minimum atomic E-state index is -3.63. The van der Waals surface area contributed by atoms with Gasteiger partial charge >= 0.3 is 6.01 Å². The van der Waals surface area contributed by atoms with Gasteiger partial charge in [0.1, 0.15) is 5.75 Å². The summed E-state index contributed by atoms with van der Waals surface area (Å²) >= 11 is 0. The number of sulfonamides is 1. The Morgan fingerprint density at radius 2 is 1.71 bits per heavy atom. The Morgan fingerprint density at radius 3 is 2.31 bits per heavy atom. The second kappa shape index (κ2) is 10.2. The molecule has 0 aliphatic carbocycles. The summed E-state index contributed by atoms with van der Waals surface area (Å²) in [5, 5.41) is 10.6. The number of aromatic nitrogens is 2. The van der Waals surface area contributed by atoms with Crippen molar-refractivity contribution in [2.24, 2.45) is 5.92 Å². The summed E-state index contributed by atoms with van der Waals surface area (Å²) in [7, 11) is -3.63. The number of ether oxygens (including phenoxy) is 1. The van der Waals surface area contributed by atoms with Crippen molar-refractivity contribution in [1.82, 2.24) is 14.5 Å². The monoisotopic (exact) mass is 498 g/mol. The molecule has 9 nitrogen and oxygen atoms in total. The van der Waals surface area contributed by atoms with Crippen LogP contribution in [-0.2, 0) is 14.8 Å². The Hall–Kier alpha value is -3.24. The van der Waals surface area contributed by atoms with Crippen LogP contribution in [0.4, 0.5) is 6.01 Å². The van der Waals surface area contributed by atoms with E-state index in [4.69, 9.17) is 9.15 Å². The number of carbonyl (C=O) groups is 1. The van der Waals surface area contributed by atoms with Gasteiger partial charge in [0.05, 0.1) is 11.5 Å². The van der Waals surface area contributed by atoms with Gasteiger partial charge in [-0.3, -0.25) is 10.1 Å². The number of anilines is 1. The van der Waals surface area contributed by atoms with Crippen molar-refractivity contribution in [3.63, 3.8) is 0 Å². The molecule has 1 saturated heterocycles. The number of hydrogen-bond donors (Lipinski definition) is 1. The minimum absolute atomic E-state index is 0.0137. The highest BCUT2D eigenvalue weighted by atomic mass is 32.2. The van der Waals surface area contributed by atoms with Crippen molar-refractivity contribution in [1.29, 1.82) is 0 Å². The third-order valence-corrected chi connectivity index (χ3v) is 8.30. The highest BCUT2D eigenvalue weighted by Crippen LogP contribution is 2.29. The maximum Gasteiger partial charge on any atom is 0.322 e. The molecule has 0 saturated carbocycles. The standard InChI is InChI=1S/C25H30N4O5S/c1-5-33-21-8-6-20(7-9-21)24-27-28-25(34-24)26-23(30)19-10-12-29(13-11-19)35(31,32)22-17(3)14-16(2)15-18(22)4/h6-9,14-15,19H,5,10-13H2,1-4H3,(H,26,28,30). The molecule has 0 bridgehead atoms. The van der Waals surface area contributed by atoms with Crippen LogP contribution in [0.5, 0.6) is 5.75 Å². The number of nitrogens with zero attached hydrogens (tertiary/aromatic N) is 3. The van der Waals surface area contributed by atoms with Crippen LogP contribution in [0.3, 0.4) is 0 Å². The molecule has 1 N–H and O–H groups in total. The van der Waals surface area contributed by atoms with E-state index in [2.05, 4.69) is 15.5 Å². The third kappa shape index (κ3) is 5.38. The Balaban J connectivity index is 1.37. The molecule has 1 aliphatic rings. The molecule has 1 aromatic heterocycles. The molecule has 0 atom stereocenters. The maximum absolute atomic E-state index is 13.3. The number of benzene rings is 2. The highest BCUT2D eigenvalue weighted by molar-refractivity contribution is 7.89. The zero-order valence-corrected chi connectivity index (χ0v) is 21.2. The molecule has 1 fully saturated rings. The lowest BCUT2D eigenvalue weighted by atomic mass is 9.97. The quantitative estimate of drug-likeness (QED) is 0.521. The zero-order valence-electron chi connectivity index (χ0n) is 20.4. The van der Waals surface area contributed by atoms with E-state index in [0.29, 0.717) is 29.9 Å². The van der Waals surface area contributed by atoms with Crippen LogP contribution < -0.4 is 10.1 Å². The minimum Gasteiger partial charge on any atom is -0.494 e. The molecule has 0 spiro atoms. The number of piperidine rings is 1. The fourth-order valence-electron chi connectivity index (χ4n) is 4.52. The largest absolute Gasteiger partial charge is 0.494 e. The van der Waals surface area contributed by atoms with Crippen molar-refractivity contribution in [2.45, 2.75) is 45.4 Å². The first-order chi connectivity index (χ1) is 16.7. The van der Waals surface area contributed by atoms with Gasteiger partial charge in [-0.15, -0.1) is 5.10 Å². The summed E-state index contributed by atoms with van der Waals surface area (Å²) in [6.45, 7) is 8.62. The molecule has 4 rings (SSSR count). The first-order valence-electron chi connectivity index (χ1n) is 11.6. The molecule has 2 aromatic carbocycles. The van der Waals surface area contributed by atoms with Gasteiger partial charge in [0, 0.05) is 24.6 Å². The van der Waals surface area contributed by atoms with E-state index in [1.165, 1.54) is 4.31 Å². The fraction of sp³-hybridized carbons (Fsp3) is 0.400. The zero-order chi connectivity index (χ0) is 25.2. The number of carbonyl (C=O) groups excluding carboxylic acids is 1. The lowest BCUT2D eigenvalue weighted by molar-refractivity contribution is -0.121. The van der Waals surface area contributed by atoms with Crippen molar-refractivity contribution in [3.05, 3.63) is 53.1 Å². The molecule has 2 heterocycles. The van der Waals surface area contributed by atoms with Gasteiger partial charge in [-0.1, -0.05) is 22.8 Å². The van der Waals surface area contributed by atoms with Crippen LogP contribution in [0.25, 0.3) is 11.5 Å². The van der Waals surface area contributed by atoms with Crippen molar-refractivity contribution >= 4 is 21.9 Å². The summed E-state index contributed by atoms with van der Waals surface area (Å²) in [5.41, 5.74) is 3.21. The first kappa shape index (κ1) is 24.9. The normalized spacial score (nSPS) is 15.2. The summed E-state index contributed by atoms with van der Waals surface area (Å²) in [5.74, 6) is 0.424. The number of nitrogens with one attached hydrogen (secondary N) is 1. The summed E-state index contributed by atoms with van der Waals surface area (Å²) < 4.78 is 39.1. The Labute approximate surface area is 205 Å². The van der Waals surface area contributed by atoms with Gasteiger partial charge in [-0.2, -0.15) is 4.31 Å². The predicted octanol–water partition coefficient (Wildman–Crippen LogP) is 4.10. The van der Waals surface area contributed by atoms with Crippen LogP contribution in [0.1, 0.15) is 36.5 Å². The molecule has 1 aliphatic heterocycles. The summed E-state index contributed by atoms with van der Waals surface area (Å²) in [6.07, 6.45) is 0.823. The van der Waals surface area contributed by atoms with Gasteiger partial charge in [0.15, 0.2) is 0 Å². The van der Waals surface area contributed by atoms with E-state index in [1.54, 1.807) is 12.1 Å². The van der Waals surface area contributed by atoms with Crippen LogP contribution in [0.15, 0.2) is 45.7 Å². The Morgan fingerprint density at radius 1 is 1.09 bits per heavy atom. The molecule has 186 valence electrons. The molecule has 1 amide bonds. The van der Waals surface area contributed by atoms with Gasteiger partial charge in [0.2, 0.25) is 21.8 Å². The smallest absolute Gasteiger partial charge is 0.322 e. The number of aryl methyl sites for hydroxylation is 3. The lowest BCUT2D eigenvalue weighted by Crippen LogP contribution is -2.41. The first-order valence-corrected chi connectivity index (χ1v) is 13.1. The Bertz CT molecular complexity index is 1290. The van der Waals surface area contributed by atoms with Crippen molar-refractivity contribution < 1.29 is 22.4 Å². The van der Waals surface area contributed by atoms with E-state index in [1.807, 2.05) is 52.0 Å². The van der Waals surface area contributed by atoms with E-state index < -0.39 is 10.0 Å². The van der Waals surface area contributed by atoms with Crippen LogP contribution >= 0.6 is 0 Å². The number of hydrogen-bond acceptors (Lipinski definition) is 7. The van der Waals surface area contributed by atoms with E-state index >= 15 is 0 Å². The topological polar surface area (TPSA) is 115 Å². The SMILES string of the molecule is CCOc1ccc(-c2nnc(NC(=O)C3CCN(S(=O)(=O)c4c(C)cc(C)cc4C)CC3)o2)cc1. The molecule has 10 heteroatoms. The summed E-state index contributed by atoms with van der Waals surface area (Å²) in [4.78, 5) is 13.1. The van der Waals surface area contributed by atoms with Crippen LogP contribution in [-0.4, -0.2) is 48.5 Å². The van der Waals surface area contributed by atoms with Gasteiger partial charge in [-0.25, -0.2) is 8.42 Å². The molecule has 3 aromatic rings. The second-order valence-corrected chi connectivity index (χ2v) is 10.6. The number of amides is 1. The highest BCUT2D eigenvalue weighted by Gasteiger charge is 2.34. The van der Waals surface area contributed by atoms with E-state index in [-0.39, 0.29) is 36.8 Å². The van der Waals surface area contributed by atoms with E-state index in [0.717, 1.165) is 22.4 Å².